The van der Waals surface area contributed by atoms with E-state index >= 15 is 0 Å². The first-order chi connectivity index (χ1) is 18.9. The van der Waals surface area contributed by atoms with Crippen molar-refractivity contribution < 1.29 is 19.2 Å². The largest absolute Gasteiger partial charge is 0.307 e. The van der Waals surface area contributed by atoms with Crippen LogP contribution < -0.4 is 10.6 Å². The summed E-state index contributed by atoms with van der Waals surface area (Å²) in [5.74, 6) is 1.35. The molecule has 3 heterocycles. The summed E-state index contributed by atoms with van der Waals surface area (Å²) in [5, 5.41) is 6.17. The summed E-state index contributed by atoms with van der Waals surface area (Å²) in [7, 11) is 0. The lowest BCUT2D eigenvalue weighted by Crippen LogP contribution is -2.58. The number of carbonyl (C=O) groups is 4. The Labute approximate surface area is 231 Å². The number of pyridine rings is 1. The van der Waals surface area contributed by atoms with Gasteiger partial charge in [-0.1, -0.05) is 12.1 Å². The summed E-state index contributed by atoms with van der Waals surface area (Å²) in [5.41, 5.74) is 3.03. The highest BCUT2D eigenvalue weighted by atomic mass is 32.2. The third-order valence-electron chi connectivity index (χ3n) is 9.40. The van der Waals surface area contributed by atoms with Gasteiger partial charge in [-0.25, -0.2) is 0 Å². The van der Waals surface area contributed by atoms with Gasteiger partial charge in [0.15, 0.2) is 0 Å². The number of imide groups is 2. The first-order valence-electron chi connectivity index (χ1n) is 14.0. The lowest BCUT2D eigenvalue weighted by Gasteiger charge is -2.57. The first-order valence-corrected chi connectivity index (χ1v) is 15.0. The van der Waals surface area contributed by atoms with Crippen molar-refractivity contribution in [2.45, 2.75) is 80.1 Å². The number of hydrogen-bond donors (Lipinski definition) is 2. The van der Waals surface area contributed by atoms with Gasteiger partial charge in [0.1, 0.15) is 6.04 Å². The lowest BCUT2D eigenvalue weighted by molar-refractivity contribution is -0.136. The number of amides is 4. The van der Waals surface area contributed by atoms with Gasteiger partial charge in [0.05, 0.1) is 16.8 Å². The van der Waals surface area contributed by atoms with E-state index in [1.807, 2.05) is 18.3 Å². The number of thioether (sulfide) groups is 1. The van der Waals surface area contributed by atoms with Gasteiger partial charge >= 0.3 is 0 Å². The average molecular weight is 545 g/mol. The van der Waals surface area contributed by atoms with Crippen LogP contribution in [0.2, 0.25) is 0 Å². The minimum absolute atomic E-state index is 0.102. The minimum atomic E-state index is -0.964. The Morgan fingerprint density at radius 3 is 2.38 bits per heavy atom. The molecule has 4 amide bonds. The quantitative estimate of drug-likeness (QED) is 0.403. The number of carbonyl (C=O) groups excluding carboxylic acids is 4. The van der Waals surface area contributed by atoms with Crippen LogP contribution in [-0.2, 0) is 21.9 Å². The van der Waals surface area contributed by atoms with E-state index in [4.69, 9.17) is 0 Å². The van der Waals surface area contributed by atoms with Crippen molar-refractivity contribution in [3.63, 3.8) is 0 Å². The predicted octanol–water partition coefficient (Wildman–Crippen LogP) is 3.83. The van der Waals surface area contributed by atoms with E-state index in [0.717, 1.165) is 34.9 Å². The highest BCUT2D eigenvalue weighted by Gasteiger charge is 2.50. The Morgan fingerprint density at radius 2 is 1.72 bits per heavy atom. The zero-order valence-electron chi connectivity index (χ0n) is 21.8. The fourth-order valence-corrected chi connectivity index (χ4v) is 9.01. The van der Waals surface area contributed by atoms with Crippen LogP contribution in [0.1, 0.15) is 83.3 Å². The van der Waals surface area contributed by atoms with E-state index < -0.39 is 23.8 Å². The topological polar surface area (TPSA) is 108 Å². The van der Waals surface area contributed by atoms with E-state index in [2.05, 4.69) is 21.7 Å². The maximum absolute atomic E-state index is 13.3. The summed E-state index contributed by atoms with van der Waals surface area (Å²) < 4.78 is 0. The highest BCUT2D eigenvalue weighted by molar-refractivity contribution is 7.98. The summed E-state index contributed by atoms with van der Waals surface area (Å²) in [6, 6.07) is 8.41. The number of fused-ring (bicyclic) bond motifs is 1. The second kappa shape index (κ2) is 9.55. The smallest absolute Gasteiger partial charge is 0.263 e. The molecule has 4 bridgehead atoms. The van der Waals surface area contributed by atoms with Crippen LogP contribution in [0.5, 0.6) is 0 Å². The Morgan fingerprint density at radius 1 is 0.974 bits per heavy atom. The molecular formula is C30H32N4O4S. The zero-order valence-corrected chi connectivity index (χ0v) is 22.6. The molecule has 0 radical (unpaired) electrons. The van der Waals surface area contributed by atoms with Gasteiger partial charge in [0.25, 0.3) is 11.8 Å². The van der Waals surface area contributed by atoms with Gasteiger partial charge in [-0.15, -0.1) is 11.8 Å². The summed E-state index contributed by atoms with van der Waals surface area (Å²) in [4.78, 5) is 56.7. The second-order valence-corrected chi connectivity index (χ2v) is 13.1. The van der Waals surface area contributed by atoms with Crippen molar-refractivity contribution in [1.29, 1.82) is 0 Å². The van der Waals surface area contributed by atoms with Gasteiger partial charge in [0, 0.05) is 35.3 Å². The molecule has 1 unspecified atom stereocenters. The second-order valence-electron chi connectivity index (χ2n) is 12.1. The van der Waals surface area contributed by atoms with Crippen LogP contribution in [0.25, 0.3) is 0 Å². The molecule has 4 aliphatic carbocycles. The van der Waals surface area contributed by atoms with Gasteiger partial charge in [-0.3, -0.25) is 34.4 Å². The fraction of sp³-hybridized carbons (Fsp3) is 0.500. The molecular weight excluding hydrogens is 512 g/mol. The molecule has 39 heavy (non-hydrogen) atoms. The molecule has 202 valence electrons. The number of nitrogens with zero attached hydrogens (tertiary/aromatic N) is 2. The van der Waals surface area contributed by atoms with Crippen molar-refractivity contribution >= 4 is 35.4 Å². The van der Waals surface area contributed by atoms with Gasteiger partial charge in [-0.05, 0) is 86.5 Å². The Kier molecular flexibility index (Phi) is 6.12. The third kappa shape index (κ3) is 4.49. The molecule has 1 aromatic carbocycles. The van der Waals surface area contributed by atoms with E-state index in [1.165, 1.54) is 55.9 Å². The van der Waals surface area contributed by atoms with Crippen LogP contribution in [0.3, 0.4) is 0 Å². The predicted molar refractivity (Wildman–Crippen MR) is 145 cm³/mol. The highest BCUT2D eigenvalue weighted by Crippen LogP contribution is 2.55. The van der Waals surface area contributed by atoms with Gasteiger partial charge in [0.2, 0.25) is 11.8 Å². The van der Waals surface area contributed by atoms with Crippen LogP contribution in [-0.4, -0.2) is 45.1 Å². The van der Waals surface area contributed by atoms with Crippen molar-refractivity contribution in [3.8, 4) is 0 Å². The summed E-state index contributed by atoms with van der Waals surface area (Å²) >= 11 is 1.46. The van der Waals surface area contributed by atoms with Gasteiger partial charge in [-0.2, -0.15) is 0 Å². The normalized spacial score (nSPS) is 31.1. The number of rotatable bonds is 7. The molecule has 1 atom stereocenters. The monoisotopic (exact) mass is 544 g/mol. The summed E-state index contributed by atoms with van der Waals surface area (Å²) in [6.45, 7) is 0.839. The molecule has 8 nitrogen and oxygen atoms in total. The van der Waals surface area contributed by atoms with Crippen molar-refractivity contribution in [2.24, 2.45) is 17.8 Å². The Bertz CT molecular complexity index is 1340. The number of piperidine rings is 1. The van der Waals surface area contributed by atoms with Gasteiger partial charge < -0.3 is 5.32 Å². The molecule has 4 saturated carbocycles. The number of hydrogen-bond acceptors (Lipinski definition) is 7. The molecule has 6 aliphatic rings. The van der Waals surface area contributed by atoms with Crippen LogP contribution in [0, 0.1) is 17.8 Å². The molecule has 5 fully saturated rings. The van der Waals surface area contributed by atoms with Crippen LogP contribution >= 0.6 is 11.8 Å². The number of benzene rings is 1. The molecule has 1 aromatic heterocycles. The molecule has 2 aliphatic heterocycles. The fourth-order valence-electron chi connectivity index (χ4n) is 8.02. The molecule has 2 aromatic rings. The van der Waals surface area contributed by atoms with E-state index in [0.29, 0.717) is 27.3 Å². The maximum Gasteiger partial charge on any atom is 0.263 e. The van der Waals surface area contributed by atoms with Crippen molar-refractivity contribution in [1.82, 2.24) is 20.5 Å². The Hall–Kier alpha value is -3.04. The maximum atomic E-state index is 13.3. The van der Waals surface area contributed by atoms with E-state index in [-0.39, 0.29) is 18.7 Å². The lowest BCUT2D eigenvalue weighted by atomic mass is 9.53. The standard InChI is InChI=1S/C30H32N4O4S/c35-25-7-6-23(27(36)33-25)34-28(37)22-2-1-3-24(26(22)29(34)38)39-16-21-5-4-17(14-31-21)15-32-30-11-18-8-19(12-30)10-20(9-18)13-30/h1-5,14,18-20,23,32H,6-13,15-16H2,(H,33,35,36). The zero-order chi connectivity index (χ0) is 26.7. The molecule has 0 spiro atoms. The SMILES string of the molecule is O=C1CCC(N2C(=O)c3cccc(SCc4ccc(CNC56CC7CC(CC(C7)C5)C6)cn4)c3C2=O)C(=O)N1. The number of aromatic nitrogens is 1. The third-order valence-corrected chi connectivity index (χ3v) is 10.5. The first kappa shape index (κ1) is 25.0. The van der Waals surface area contributed by atoms with Crippen LogP contribution in [0.4, 0.5) is 0 Å². The summed E-state index contributed by atoms with van der Waals surface area (Å²) in [6.07, 6.45) is 10.5. The average Bonchev–Trinajstić information content (AvgIpc) is 3.16. The van der Waals surface area contributed by atoms with E-state index in [9.17, 15) is 19.2 Å². The molecule has 2 N–H and O–H groups in total. The Balaban J connectivity index is 0.998. The van der Waals surface area contributed by atoms with E-state index in [1.54, 1.807) is 12.1 Å². The van der Waals surface area contributed by atoms with Crippen molar-refractivity contribution in [3.05, 3.63) is 58.9 Å². The van der Waals surface area contributed by atoms with Crippen LogP contribution in [0.15, 0.2) is 41.4 Å². The number of nitrogens with one attached hydrogen (secondary N) is 2. The molecule has 8 rings (SSSR count). The molecule has 9 heteroatoms. The van der Waals surface area contributed by atoms with Crippen molar-refractivity contribution in [2.75, 3.05) is 0 Å². The molecule has 1 saturated heterocycles. The minimum Gasteiger partial charge on any atom is -0.307 e.